The highest BCUT2D eigenvalue weighted by Gasteiger charge is 2.32. The molecule has 10 nitrogen and oxygen atoms in total. The van der Waals surface area contributed by atoms with Crippen LogP contribution in [0.2, 0.25) is 0 Å². The molecule has 1 aliphatic carbocycles. The number of anilines is 1. The molecule has 1 unspecified atom stereocenters. The van der Waals surface area contributed by atoms with Crippen molar-refractivity contribution in [3.8, 4) is 17.1 Å². The first kappa shape index (κ1) is 24.9. The van der Waals surface area contributed by atoms with E-state index in [1.54, 1.807) is 23.5 Å². The Bertz CT molecular complexity index is 1150. The van der Waals surface area contributed by atoms with Gasteiger partial charge >= 0.3 is 18.1 Å². The Balaban J connectivity index is 1.55. The molecule has 3 aromatic rings. The van der Waals surface area contributed by atoms with E-state index in [1.807, 2.05) is 49.4 Å². The molecular formula is C26H30N6O4. The molecule has 1 atom stereocenters. The Kier molecular flexibility index (Phi) is 7.94. The van der Waals surface area contributed by atoms with Crippen LogP contribution in [0.3, 0.4) is 0 Å². The lowest BCUT2D eigenvalue weighted by Crippen LogP contribution is -2.49. The number of ether oxygens (including phenoxy) is 2. The number of nitrogens with zero attached hydrogens (tertiary/aromatic N) is 4. The molecule has 1 fully saturated rings. The molecule has 188 valence electrons. The minimum absolute atomic E-state index is 0.108. The van der Waals surface area contributed by atoms with Crippen LogP contribution in [-0.4, -0.2) is 46.3 Å². The number of pyridine rings is 1. The monoisotopic (exact) mass is 490 g/mol. The molecule has 2 aromatic heterocycles. The Morgan fingerprint density at radius 1 is 0.972 bits per heavy atom. The molecule has 4 rings (SSSR count). The fourth-order valence-corrected chi connectivity index (χ4v) is 4.39. The van der Waals surface area contributed by atoms with Crippen LogP contribution in [0, 0.1) is 0 Å². The molecule has 36 heavy (non-hydrogen) atoms. The largest absolute Gasteiger partial charge is 0.467 e. The van der Waals surface area contributed by atoms with Crippen molar-refractivity contribution in [2.75, 3.05) is 12.0 Å². The molecule has 0 saturated heterocycles. The number of primary amides is 1. The predicted octanol–water partition coefficient (Wildman–Crippen LogP) is 4.23. The summed E-state index contributed by atoms with van der Waals surface area (Å²) in [7, 11) is 1.51. The van der Waals surface area contributed by atoms with Crippen LogP contribution in [0.25, 0.3) is 11.1 Å². The highest BCUT2D eigenvalue weighted by Crippen LogP contribution is 2.30. The van der Waals surface area contributed by atoms with Crippen molar-refractivity contribution in [3.05, 3.63) is 66.6 Å². The van der Waals surface area contributed by atoms with Gasteiger partial charge < -0.3 is 20.5 Å². The fourth-order valence-electron chi connectivity index (χ4n) is 4.39. The molecule has 1 aliphatic rings. The van der Waals surface area contributed by atoms with Gasteiger partial charge in [0.15, 0.2) is 0 Å². The SMILES string of the molecule is COc1ncc(-c2ccc(N(C(=O)NC(C)c3ccccc3)[C@H]3CC[C@H](OC(N)=O)CC3)nc2)cn1. The van der Waals surface area contributed by atoms with E-state index in [0.29, 0.717) is 31.5 Å². The Morgan fingerprint density at radius 2 is 1.64 bits per heavy atom. The van der Waals surface area contributed by atoms with E-state index in [1.165, 1.54) is 7.11 Å². The molecule has 3 amide bonds. The summed E-state index contributed by atoms with van der Waals surface area (Å²) in [5.41, 5.74) is 7.79. The van der Waals surface area contributed by atoms with E-state index >= 15 is 0 Å². The zero-order valence-corrected chi connectivity index (χ0v) is 20.3. The maximum atomic E-state index is 13.5. The van der Waals surface area contributed by atoms with Gasteiger partial charge in [-0.1, -0.05) is 30.3 Å². The zero-order valence-electron chi connectivity index (χ0n) is 20.3. The smallest absolute Gasteiger partial charge is 0.404 e. The van der Waals surface area contributed by atoms with Gasteiger partial charge in [0.1, 0.15) is 11.9 Å². The molecule has 1 saturated carbocycles. The highest BCUT2D eigenvalue weighted by atomic mass is 16.6. The Morgan fingerprint density at radius 3 is 2.22 bits per heavy atom. The summed E-state index contributed by atoms with van der Waals surface area (Å²) >= 11 is 0. The maximum absolute atomic E-state index is 13.5. The molecule has 10 heteroatoms. The molecule has 0 bridgehead atoms. The predicted molar refractivity (Wildman–Crippen MR) is 134 cm³/mol. The first-order valence-electron chi connectivity index (χ1n) is 11.9. The summed E-state index contributed by atoms with van der Waals surface area (Å²) in [6, 6.07) is 13.2. The second-order valence-corrected chi connectivity index (χ2v) is 8.68. The van der Waals surface area contributed by atoms with Crippen LogP contribution < -0.4 is 20.7 Å². The lowest BCUT2D eigenvalue weighted by Gasteiger charge is -2.36. The van der Waals surface area contributed by atoms with E-state index in [0.717, 1.165) is 16.7 Å². The number of hydrogen-bond acceptors (Lipinski definition) is 7. The Labute approximate surface area is 209 Å². The number of benzene rings is 1. The van der Waals surface area contributed by atoms with E-state index in [4.69, 9.17) is 15.2 Å². The van der Waals surface area contributed by atoms with E-state index in [-0.39, 0.29) is 30.2 Å². The van der Waals surface area contributed by atoms with Gasteiger partial charge in [0.25, 0.3) is 0 Å². The van der Waals surface area contributed by atoms with Crippen molar-refractivity contribution < 1.29 is 19.1 Å². The van der Waals surface area contributed by atoms with Crippen molar-refractivity contribution in [1.82, 2.24) is 20.3 Å². The van der Waals surface area contributed by atoms with Crippen molar-refractivity contribution in [3.63, 3.8) is 0 Å². The molecule has 3 N–H and O–H groups in total. The molecule has 0 radical (unpaired) electrons. The average Bonchev–Trinajstić information content (AvgIpc) is 2.90. The lowest BCUT2D eigenvalue weighted by atomic mass is 9.91. The van der Waals surface area contributed by atoms with E-state index < -0.39 is 6.09 Å². The van der Waals surface area contributed by atoms with Crippen LogP contribution in [0.5, 0.6) is 6.01 Å². The van der Waals surface area contributed by atoms with Crippen LogP contribution in [-0.2, 0) is 4.74 Å². The first-order chi connectivity index (χ1) is 17.4. The van der Waals surface area contributed by atoms with Crippen molar-refractivity contribution in [2.45, 2.75) is 50.8 Å². The summed E-state index contributed by atoms with van der Waals surface area (Å²) in [5, 5.41) is 3.10. The highest BCUT2D eigenvalue weighted by molar-refractivity contribution is 5.92. The number of nitrogens with one attached hydrogen (secondary N) is 1. The third-order valence-electron chi connectivity index (χ3n) is 6.29. The van der Waals surface area contributed by atoms with Crippen molar-refractivity contribution in [1.29, 1.82) is 0 Å². The number of aromatic nitrogens is 3. The zero-order chi connectivity index (χ0) is 25.5. The van der Waals surface area contributed by atoms with Crippen LogP contribution in [0.15, 0.2) is 61.1 Å². The van der Waals surface area contributed by atoms with E-state index in [9.17, 15) is 9.59 Å². The summed E-state index contributed by atoms with van der Waals surface area (Å²) in [4.78, 5) is 39.3. The van der Waals surface area contributed by atoms with Crippen molar-refractivity contribution >= 4 is 17.9 Å². The second-order valence-electron chi connectivity index (χ2n) is 8.68. The molecule has 2 heterocycles. The van der Waals surface area contributed by atoms with Crippen molar-refractivity contribution in [2.24, 2.45) is 5.73 Å². The Hall–Kier alpha value is -4.21. The third kappa shape index (κ3) is 6.07. The topological polar surface area (TPSA) is 133 Å². The van der Waals surface area contributed by atoms with Crippen LogP contribution in [0.4, 0.5) is 15.4 Å². The van der Waals surface area contributed by atoms with Crippen LogP contribution >= 0.6 is 0 Å². The van der Waals surface area contributed by atoms with Gasteiger partial charge in [-0.05, 0) is 50.3 Å². The number of amides is 3. The molecule has 0 aliphatic heterocycles. The summed E-state index contributed by atoms with van der Waals surface area (Å²) < 4.78 is 10.2. The third-order valence-corrected chi connectivity index (χ3v) is 6.29. The van der Waals surface area contributed by atoms with Gasteiger partial charge in [-0.25, -0.2) is 24.5 Å². The average molecular weight is 491 g/mol. The standard InChI is InChI=1S/C26H30N6O4/c1-17(18-6-4-3-5-7-18)31-26(34)32(21-9-11-22(12-10-21)36-24(27)33)23-13-8-19(14-28-23)20-15-29-25(35-2)30-16-20/h3-8,13-17,21-22H,9-12H2,1-2H3,(H2,27,33)(H,31,34)/t17?,21-,22-. The lowest BCUT2D eigenvalue weighted by molar-refractivity contribution is 0.0786. The van der Waals surface area contributed by atoms with Gasteiger partial charge in [0, 0.05) is 35.8 Å². The summed E-state index contributed by atoms with van der Waals surface area (Å²) in [6.07, 6.45) is 6.55. The minimum Gasteiger partial charge on any atom is -0.467 e. The fraction of sp³-hybridized carbons (Fsp3) is 0.346. The normalized spacial score (nSPS) is 18.1. The quantitative estimate of drug-likeness (QED) is 0.506. The second kappa shape index (κ2) is 11.5. The number of urea groups is 1. The number of rotatable bonds is 7. The maximum Gasteiger partial charge on any atom is 0.404 e. The number of nitrogens with two attached hydrogens (primary N) is 1. The van der Waals surface area contributed by atoms with Gasteiger partial charge in [-0.15, -0.1) is 0 Å². The number of hydrogen-bond donors (Lipinski definition) is 2. The van der Waals surface area contributed by atoms with Gasteiger partial charge in [-0.3, -0.25) is 4.90 Å². The van der Waals surface area contributed by atoms with Gasteiger partial charge in [0.2, 0.25) is 0 Å². The van der Waals surface area contributed by atoms with Crippen LogP contribution in [0.1, 0.15) is 44.2 Å². The summed E-state index contributed by atoms with van der Waals surface area (Å²) in [6.45, 7) is 1.95. The van der Waals surface area contributed by atoms with Gasteiger partial charge in [-0.2, -0.15) is 0 Å². The number of carbonyl (C=O) groups excluding carboxylic acids is 2. The molecular weight excluding hydrogens is 460 g/mol. The number of methoxy groups -OCH3 is 1. The minimum atomic E-state index is -0.774. The first-order valence-corrected chi connectivity index (χ1v) is 11.9. The summed E-state index contributed by atoms with van der Waals surface area (Å²) in [5.74, 6) is 0.533. The number of carbonyl (C=O) groups is 2. The molecule has 1 aromatic carbocycles. The van der Waals surface area contributed by atoms with E-state index in [2.05, 4.69) is 20.3 Å². The molecule has 0 spiro atoms. The van der Waals surface area contributed by atoms with Gasteiger partial charge in [0.05, 0.1) is 13.2 Å².